The van der Waals surface area contributed by atoms with Crippen molar-refractivity contribution in [1.82, 2.24) is 0 Å². The lowest BCUT2D eigenvalue weighted by atomic mass is 9.60. The summed E-state index contributed by atoms with van der Waals surface area (Å²) < 4.78 is 0. The highest BCUT2D eigenvalue weighted by Gasteiger charge is 2.68. The minimum absolute atomic E-state index is 0.828. The van der Waals surface area contributed by atoms with Crippen molar-refractivity contribution in [2.75, 3.05) is 0 Å². The maximum atomic E-state index is 2.53. The van der Waals surface area contributed by atoms with Crippen molar-refractivity contribution in [1.29, 1.82) is 0 Å². The Bertz CT molecular complexity index is 174. The van der Waals surface area contributed by atoms with E-state index in [0.717, 1.165) is 29.1 Å². The predicted molar refractivity (Wildman–Crippen MR) is 41.6 cm³/mol. The zero-order valence-electron chi connectivity index (χ0n) is 6.93. The molecule has 10 heavy (non-hydrogen) atoms. The molecule has 3 unspecified atom stereocenters. The van der Waals surface area contributed by atoms with E-state index < -0.39 is 0 Å². The fourth-order valence-corrected chi connectivity index (χ4v) is 3.79. The molecule has 0 amide bonds. The number of hydrogen-bond acceptors (Lipinski definition) is 0. The second-order valence-electron chi connectivity index (χ2n) is 5.03. The highest BCUT2D eigenvalue weighted by molar-refractivity contribution is 5.16. The second-order valence-corrected chi connectivity index (χ2v) is 5.03. The van der Waals surface area contributed by atoms with Crippen molar-refractivity contribution >= 4 is 0 Å². The maximum Gasteiger partial charge on any atom is -0.0238 e. The summed E-state index contributed by atoms with van der Waals surface area (Å²) in [6.07, 6.45) is 4.74. The lowest BCUT2D eigenvalue weighted by Gasteiger charge is -2.45. The van der Waals surface area contributed by atoms with Gasteiger partial charge < -0.3 is 0 Å². The Balaban J connectivity index is 1.95. The Morgan fingerprint density at radius 2 is 1.90 bits per heavy atom. The van der Waals surface area contributed by atoms with Crippen LogP contribution in [0.5, 0.6) is 0 Å². The van der Waals surface area contributed by atoms with Gasteiger partial charge in [0.2, 0.25) is 0 Å². The highest BCUT2D eigenvalue weighted by Crippen LogP contribution is 2.75. The van der Waals surface area contributed by atoms with Crippen LogP contribution in [-0.2, 0) is 0 Å². The zero-order valence-corrected chi connectivity index (χ0v) is 6.93. The average Bonchev–Trinajstić information content (AvgIpc) is 2.34. The van der Waals surface area contributed by atoms with Gasteiger partial charge in [-0.1, -0.05) is 13.8 Å². The summed E-state index contributed by atoms with van der Waals surface area (Å²) in [4.78, 5) is 0. The minimum Gasteiger partial charge on any atom is -0.0617 e. The van der Waals surface area contributed by atoms with Crippen LogP contribution < -0.4 is 0 Å². The lowest BCUT2D eigenvalue weighted by Crippen LogP contribution is -2.36. The first-order valence-electron chi connectivity index (χ1n) is 4.73. The first-order chi connectivity index (χ1) is 4.73. The molecule has 3 atom stereocenters. The third-order valence-electron chi connectivity index (χ3n) is 4.98. The number of hydrogen-bond donors (Lipinski definition) is 0. The average molecular weight is 136 g/mol. The van der Waals surface area contributed by atoms with Crippen molar-refractivity contribution in [3.63, 3.8) is 0 Å². The van der Waals surface area contributed by atoms with E-state index >= 15 is 0 Å². The molecule has 0 N–H and O–H groups in total. The van der Waals surface area contributed by atoms with E-state index in [4.69, 9.17) is 0 Å². The van der Waals surface area contributed by atoms with Crippen molar-refractivity contribution in [3.8, 4) is 0 Å². The van der Waals surface area contributed by atoms with E-state index in [9.17, 15) is 0 Å². The van der Waals surface area contributed by atoms with Gasteiger partial charge in [-0.25, -0.2) is 0 Å². The molecule has 4 saturated carbocycles. The summed E-state index contributed by atoms with van der Waals surface area (Å²) >= 11 is 0. The first-order valence-corrected chi connectivity index (χ1v) is 4.73. The third-order valence-corrected chi connectivity index (χ3v) is 4.98. The molecular weight excluding hydrogens is 120 g/mol. The van der Waals surface area contributed by atoms with Gasteiger partial charge in [-0.15, -0.1) is 0 Å². The van der Waals surface area contributed by atoms with Crippen LogP contribution in [0.3, 0.4) is 0 Å². The Labute approximate surface area is 63.0 Å². The van der Waals surface area contributed by atoms with Crippen LogP contribution in [0.4, 0.5) is 0 Å². The van der Waals surface area contributed by atoms with Gasteiger partial charge in [-0.3, -0.25) is 0 Å². The normalized spacial score (nSPS) is 70.2. The molecule has 0 heteroatoms. The van der Waals surface area contributed by atoms with Gasteiger partial charge in [0, 0.05) is 0 Å². The third kappa shape index (κ3) is 0.383. The standard InChI is InChI=1S/C10H16/c1-6-9-5-7-3-8(4-7)10(6,9)2/h6-9H,3-5H2,1-2H3. The van der Waals surface area contributed by atoms with E-state index in [1.165, 1.54) is 0 Å². The quantitative estimate of drug-likeness (QED) is 0.480. The first kappa shape index (κ1) is 5.62. The molecule has 0 aromatic rings. The monoisotopic (exact) mass is 136 g/mol. The molecule has 0 nitrogen and oxygen atoms in total. The molecule has 0 radical (unpaired) electrons. The van der Waals surface area contributed by atoms with Crippen LogP contribution in [0.25, 0.3) is 0 Å². The topological polar surface area (TPSA) is 0 Å². The largest absolute Gasteiger partial charge is 0.0617 e. The molecular formula is C10H16. The fraction of sp³-hybridized carbons (Fsp3) is 1.00. The molecule has 4 rings (SSSR count). The second kappa shape index (κ2) is 1.31. The Kier molecular flexibility index (Phi) is 0.735. The molecule has 4 fully saturated rings. The van der Waals surface area contributed by atoms with Gasteiger partial charge in [-0.2, -0.15) is 0 Å². The minimum atomic E-state index is 0.828. The smallest absolute Gasteiger partial charge is 0.0238 e. The summed E-state index contributed by atoms with van der Waals surface area (Å²) in [5.41, 5.74) is 0.828. The Morgan fingerprint density at radius 3 is 2.30 bits per heavy atom. The summed E-state index contributed by atoms with van der Waals surface area (Å²) in [7, 11) is 0. The zero-order chi connectivity index (χ0) is 6.93. The van der Waals surface area contributed by atoms with Crippen molar-refractivity contribution < 1.29 is 0 Å². The highest BCUT2D eigenvalue weighted by atomic mass is 14.7. The summed E-state index contributed by atoms with van der Waals surface area (Å²) in [5.74, 6) is 4.52. The van der Waals surface area contributed by atoms with Crippen LogP contribution in [0.1, 0.15) is 33.1 Å². The van der Waals surface area contributed by atoms with Crippen molar-refractivity contribution in [3.05, 3.63) is 0 Å². The summed E-state index contributed by atoms with van der Waals surface area (Å²) in [6.45, 7) is 4.99. The molecule has 0 spiro atoms. The van der Waals surface area contributed by atoms with E-state index in [1.807, 2.05) is 0 Å². The van der Waals surface area contributed by atoms with Crippen LogP contribution in [0, 0.1) is 29.1 Å². The fourth-order valence-electron chi connectivity index (χ4n) is 3.79. The molecule has 56 valence electrons. The molecule has 0 aromatic carbocycles. The van der Waals surface area contributed by atoms with Crippen molar-refractivity contribution in [2.45, 2.75) is 33.1 Å². The van der Waals surface area contributed by atoms with E-state index in [2.05, 4.69) is 13.8 Å². The molecule has 0 aromatic heterocycles. The van der Waals surface area contributed by atoms with Crippen LogP contribution in [-0.4, -0.2) is 0 Å². The molecule has 2 bridgehead atoms. The molecule has 0 aliphatic heterocycles. The van der Waals surface area contributed by atoms with Gasteiger partial charge in [0.25, 0.3) is 0 Å². The molecule has 0 heterocycles. The Hall–Kier alpha value is 0. The van der Waals surface area contributed by atoms with Gasteiger partial charge in [-0.05, 0) is 48.3 Å². The summed E-state index contributed by atoms with van der Waals surface area (Å²) in [5, 5.41) is 0. The van der Waals surface area contributed by atoms with Gasteiger partial charge in [0.1, 0.15) is 0 Å². The number of rotatable bonds is 0. The van der Waals surface area contributed by atoms with Gasteiger partial charge >= 0.3 is 0 Å². The SMILES string of the molecule is CC1C2CC3CC(C3)C12C. The van der Waals surface area contributed by atoms with Crippen LogP contribution in [0.2, 0.25) is 0 Å². The van der Waals surface area contributed by atoms with E-state index in [-0.39, 0.29) is 0 Å². The maximum absolute atomic E-state index is 2.53. The van der Waals surface area contributed by atoms with E-state index in [0.29, 0.717) is 0 Å². The van der Waals surface area contributed by atoms with Crippen molar-refractivity contribution in [2.24, 2.45) is 29.1 Å². The predicted octanol–water partition coefficient (Wildman–Crippen LogP) is 2.69. The molecule has 4 aliphatic rings. The molecule has 4 aliphatic carbocycles. The molecule has 0 saturated heterocycles. The van der Waals surface area contributed by atoms with Gasteiger partial charge in [0.15, 0.2) is 0 Å². The van der Waals surface area contributed by atoms with E-state index in [1.54, 1.807) is 19.3 Å². The summed E-state index contributed by atoms with van der Waals surface area (Å²) in [6, 6.07) is 0. The van der Waals surface area contributed by atoms with Crippen LogP contribution in [0.15, 0.2) is 0 Å². The van der Waals surface area contributed by atoms with Gasteiger partial charge in [0.05, 0.1) is 0 Å². The lowest BCUT2D eigenvalue weighted by molar-refractivity contribution is 0.0469. The van der Waals surface area contributed by atoms with Crippen LogP contribution >= 0.6 is 0 Å². The Morgan fingerprint density at radius 1 is 1.20 bits per heavy atom.